The van der Waals surface area contributed by atoms with Gasteiger partial charge in [0.05, 0.1) is 20.8 Å². The minimum absolute atomic E-state index is 0.880. The lowest BCUT2D eigenvalue weighted by Gasteiger charge is -2.26. The normalized spacial score (nSPS) is 11.5. The van der Waals surface area contributed by atoms with E-state index in [-0.39, 0.29) is 0 Å². The van der Waals surface area contributed by atoms with Crippen LogP contribution in [0.15, 0.2) is 373 Å². The van der Waals surface area contributed by atoms with Gasteiger partial charge in [-0.15, -0.1) is 22.7 Å². The summed E-state index contributed by atoms with van der Waals surface area (Å²) in [7, 11) is 0. The Bertz CT molecular complexity index is 6040. The van der Waals surface area contributed by atoms with Gasteiger partial charge in [0, 0.05) is 121 Å². The van der Waals surface area contributed by atoms with Gasteiger partial charge in [0.2, 0.25) is 0 Å². The lowest BCUT2D eigenvalue weighted by Crippen LogP contribution is -2.10. The van der Waals surface area contributed by atoms with E-state index in [0.29, 0.717) is 0 Å². The highest BCUT2D eigenvalue weighted by molar-refractivity contribution is 7.26. The SMILES string of the molecule is c1ccc(-c2ccc(N(c3ccccc3)c3ccc4sc5c(N(c6ccccc6)c6ccc7c(c6)oc6ccccc67)cccc5c4c3)cc2)cc1.c1ccc(N(c2ccccc2)c2ccc3sc4c(N(c5ccccc5)c5ccc6c(c5)oc5ccccc56)cccc4c3c2)cc1. The van der Waals surface area contributed by atoms with E-state index in [9.17, 15) is 0 Å². The summed E-state index contributed by atoms with van der Waals surface area (Å²) in [5.74, 6) is 0. The lowest BCUT2D eigenvalue weighted by atomic mass is 10.0. The van der Waals surface area contributed by atoms with Crippen molar-refractivity contribution < 1.29 is 8.83 Å². The summed E-state index contributed by atoms with van der Waals surface area (Å²) in [6.07, 6.45) is 0. The van der Waals surface area contributed by atoms with Gasteiger partial charge in [-0.1, -0.05) is 194 Å². The Hall–Kier alpha value is -12.5. The van der Waals surface area contributed by atoms with Gasteiger partial charge in [-0.25, -0.2) is 0 Å². The summed E-state index contributed by atoms with van der Waals surface area (Å²) in [4.78, 5) is 9.38. The molecule has 0 saturated carbocycles. The predicted molar refractivity (Wildman–Crippen MR) is 417 cm³/mol. The summed E-state index contributed by atoms with van der Waals surface area (Å²) < 4.78 is 17.7. The molecule has 0 saturated heterocycles. The van der Waals surface area contributed by atoms with Gasteiger partial charge in [0.15, 0.2) is 0 Å². The highest BCUT2D eigenvalue weighted by atomic mass is 32.1. The van der Waals surface area contributed by atoms with Gasteiger partial charge in [-0.3, -0.25) is 0 Å². The van der Waals surface area contributed by atoms with Crippen LogP contribution in [0.25, 0.3) is 95.3 Å². The number of nitrogens with zero attached hydrogens (tertiary/aromatic N) is 4. The van der Waals surface area contributed by atoms with Crippen LogP contribution in [0.3, 0.4) is 0 Å². The first-order valence-electron chi connectivity index (χ1n) is 32.9. The molecule has 4 aromatic heterocycles. The second-order valence-electron chi connectivity index (χ2n) is 24.4. The van der Waals surface area contributed by atoms with Gasteiger partial charge >= 0.3 is 0 Å². The minimum Gasteiger partial charge on any atom is -0.456 e. The third-order valence-corrected chi connectivity index (χ3v) is 20.9. The van der Waals surface area contributed by atoms with E-state index in [1.54, 1.807) is 0 Å². The third kappa shape index (κ3) is 10.6. The first-order chi connectivity index (χ1) is 48.6. The van der Waals surface area contributed by atoms with Gasteiger partial charge in [0.25, 0.3) is 0 Å². The van der Waals surface area contributed by atoms with Gasteiger partial charge in [-0.2, -0.15) is 0 Å². The number of hydrogen-bond donors (Lipinski definition) is 0. The molecule has 0 unspecified atom stereocenters. The maximum atomic E-state index is 6.36. The molecule has 0 spiro atoms. The molecule has 0 aliphatic rings. The van der Waals surface area contributed by atoms with E-state index >= 15 is 0 Å². The second-order valence-corrected chi connectivity index (χ2v) is 26.5. The maximum Gasteiger partial charge on any atom is 0.137 e. The van der Waals surface area contributed by atoms with Crippen LogP contribution in [0.2, 0.25) is 0 Å². The van der Waals surface area contributed by atoms with E-state index in [4.69, 9.17) is 8.83 Å². The van der Waals surface area contributed by atoms with E-state index in [1.807, 2.05) is 46.9 Å². The fourth-order valence-electron chi connectivity index (χ4n) is 13.9. The zero-order valence-corrected chi connectivity index (χ0v) is 54.7. The van der Waals surface area contributed by atoms with Crippen molar-refractivity contribution >= 4 is 175 Å². The van der Waals surface area contributed by atoms with Gasteiger partial charge in [-0.05, 0) is 169 Å². The van der Waals surface area contributed by atoms with Crippen molar-refractivity contribution in [2.24, 2.45) is 0 Å². The number of fused-ring (bicyclic) bond motifs is 12. The highest BCUT2D eigenvalue weighted by Gasteiger charge is 2.24. The minimum atomic E-state index is 0.880. The van der Waals surface area contributed by atoms with Crippen LogP contribution >= 0.6 is 22.7 Å². The molecular formula is C90H60N4O2S2. The van der Waals surface area contributed by atoms with E-state index < -0.39 is 0 Å². The first-order valence-corrected chi connectivity index (χ1v) is 34.6. The molecule has 0 aliphatic heterocycles. The molecule has 0 fully saturated rings. The summed E-state index contributed by atoms with van der Waals surface area (Å²) in [5.41, 5.74) is 19.3. The number of thiophene rings is 2. The Kier molecular flexibility index (Phi) is 14.8. The first kappa shape index (κ1) is 58.1. The molecule has 4 heterocycles. The second kappa shape index (κ2) is 25.0. The maximum absolute atomic E-state index is 6.36. The van der Waals surface area contributed by atoms with Crippen LogP contribution in [0.5, 0.6) is 0 Å². The molecule has 0 aliphatic carbocycles. The monoisotopic (exact) mass is 1290 g/mol. The van der Waals surface area contributed by atoms with Crippen molar-refractivity contribution in [2.75, 3.05) is 19.6 Å². The molecule has 98 heavy (non-hydrogen) atoms. The molecule has 464 valence electrons. The Labute approximate surface area is 574 Å². The molecule has 0 radical (unpaired) electrons. The van der Waals surface area contributed by atoms with Gasteiger partial charge in [0.1, 0.15) is 22.3 Å². The van der Waals surface area contributed by atoms with Gasteiger partial charge < -0.3 is 28.4 Å². The quantitative estimate of drug-likeness (QED) is 0.115. The van der Waals surface area contributed by atoms with Crippen LogP contribution in [0.4, 0.5) is 68.2 Å². The molecular weight excluding hydrogens is 1230 g/mol. The highest BCUT2D eigenvalue weighted by Crippen LogP contribution is 2.50. The summed E-state index contributed by atoms with van der Waals surface area (Å²) in [6, 6.07) is 129. The molecule has 15 aromatic carbocycles. The molecule has 0 N–H and O–H groups in total. The number of furan rings is 2. The molecule has 19 rings (SSSR count). The Morgan fingerprint density at radius 2 is 0.480 bits per heavy atom. The fraction of sp³-hybridized carbons (Fsp3) is 0. The Balaban J connectivity index is 0.000000143. The summed E-state index contributed by atoms with van der Waals surface area (Å²) >= 11 is 3.68. The molecule has 6 nitrogen and oxygen atoms in total. The Morgan fingerprint density at radius 3 is 0.888 bits per heavy atom. The van der Waals surface area contributed by atoms with Crippen molar-refractivity contribution in [1.82, 2.24) is 0 Å². The molecule has 0 amide bonds. The van der Waals surface area contributed by atoms with Crippen LogP contribution < -0.4 is 19.6 Å². The zero-order chi connectivity index (χ0) is 64.9. The number of para-hydroxylation sites is 7. The van der Waals surface area contributed by atoms with Crippen LogP contribution in [-0.2, 0) is 0 Å². The number of rotatable bonds is 13. The zero-order valence-electron chi connectivity index (χ0n) is 53.1. The van der Waals surface area contributed by atoms with Crippen molar-refractivity contribution in [3.63, 3.8) is 0 Å². The standard InChI is InChI=1S/C48H32N2OS.C42H28N2OS/c1-4-13-33(14-5-1)34-23-25-37(26-24-34)49(35-15-6-2-7-16-35)38-28-30-47-43(31-38)42-20-12-21-44(48(42)52-47)50(36-17-8-3-9-18-36)39-27-29-41-40-19-10-11-22-45(40)51-46(41)32-39;1-4-13-29(14-5-1)43(30-15-6-2-7-16-30)32-24-26-41-37(27-32)36-20-12-21-38(42(36)46-41)44(31-17-8-3-9-18-31)33-23-25-35-34-19-10-11-22-39(34)45-40(35)28-33/h1-32H;1-28H. The molecule has 0 atom stereocenters. The van der Waals surface area contributed by atoms with E-state index in [2.05, 4.69) is 359 Å². The van der Waals surface area contributed by atoms with Crippen LogP contribution in [0, 0.1) is 0 Å². The average molecular weight is 1290 g/mol. The predicted octanol–water partition coefficient (Wildman–Crippen LogP) is 27.5. The Morgan fingerprint density at radius 1 is 0.184 bits per heavy atom. The topological polar surface area (TPSA) is 39.2 Å². The summed E-state index contributed by atoms with van der Waals surface area (Å²) in [6.45, 7) is 0. The van der Waals surface area contributed by atoms with Crippen molar-refractivity contribution in [1.29, 1.82) is 0 Å². The summed E-state index contributed by atoms with van der Waals surface area (Å²) in [5, 5.41) is 9.48. The largest absolute Gasteiger partial charge is 0.456 e. The number of anilines is 12. The lowest BCUT2D eigenvalue weighted by molar-refractivity contribution is 0.668. The average Bonchev–Trinajstić information content (AvgIpc) is 1.60. The van der Waals surface area contributed by atoms with Crippen molar-refractivity contribution in [3.05, 3.63) is 364 Å². The van der Waals surface area contributed by atoms with Crippen LogP contribution in [0.1, 0.15) is 0 Å². The van der Waals surface area contributed by atoms with E-state index in [1.165, 1.54) is 51.5 Å². The number of hydrogen-bond acceptors (Lipinski definition) is 8. The molecule has 8 heteroatoms. The van der Waals surface area contributed by atoms with Crippen LogP contribution in [-0.4, -0.2) is 0 Å². The van der Waals surface area contributed by atoms with Crippen molar-refractivity contribution in [2.45, 2.75) is 0 Å². The van der Waals surface area contributed by atoms with E-state index in [0.717, 1.165) is 112 Å². The van der Waals surface area contributed by atoms with Crippen molar-refractivity contribution in [3.8, 4) is 11.1 Å². The molecule has 19 aromatic rings. The molecule has 0 bridgehead atoms. The smallest absolute Gasteiger partial charge is 0.137 e. The fourth-order valence-corrected chi connectivity index (χ4v) is 16.3. The number of benzene rings is 15. The third-order valence-electron chi connectivity index (χ3n) is 18.5.